The average Bonchev–Trinajstić information content (AvgIpc) is 3.31. The molecule has 0 spiro atoms. The van der Waals surface area contributed by atoms with Crippen molar-refractivity contribution in [3.8, 4) is 0 Å². The summed E-state index contributed by atoms with van der Waals surface area (Å²) < 4.78 is 60.8. The predicted octanol–water partition coefficient (Wildman–Crippen LogP) is 9.85. The van der Waals surface area contributed by atoms with Crippen molar-refractivity contribution in [3.63, 3.8) is 0 Å². The molecular weight excluding hydrogens is 1120 g/mol. The minimum absolute atomic E-state index is 0.0345. The highest BCUT2D eigenvalue weighted by molar-refractivity contribution is 9.11. The number of carbonyl (C=O) groups excluding carboxylic acids is 3. The fraction of sp³-hybridized carbons (Fsp3) is 0.327. The van der Waals surface area contributed by atoms with Gasteiger partial charge in [0, 0.05) is 37.2 Å². The van der Waals surface area contributed by atoms with Crippen molar-refractivity contribution in [2.45, 2.75) is 87.1 Å². The first-order valence-corrected chi connectivity index (χ1v) is 26.4. The first-order valence-electron chi connectivity index (χ1n) is 21.3. The quantitative estimate of drug-likeness (QED) is 0.0233. The Morgan fingerprint density at radius 2 is 1.04 bits per heavy atom. The Morgan fingerprint density at radius 3 is 1.42 bits per heavy atom. The third-order valence-electron chi connectivity index (χ3n) is 9.70. The zero-order valence-electron chi connectivity index (χ0n) is 39.1. The zero-order chi connectivity index (χ0) is 52.1. The molecule has 4 N–H and O–H groups in total. The summed E-state index contributed by atoms with van der Waals surface area (Å²) in [5.41, 5.74) is 7.74. The number of esters is 3. The minimum atomic E-state index is -4.42. The van der Waals surface area contributed by atoms with Gasteiger partial charge in [0.15, 0.2) is 4.90 Å². The maximum Gasteiger partial charge on any atom is 0.325 e. The normalized spacial score (nSPS) is 14.2. The minimum Gasteiger partial charge on any atom is -0.465 e. The fourth-order valence-corrected chi connectivity index (χ4v) is 9.22. The lowest BCUT2D eigenvalue weighted by atomic mass is 9.92. The molecule has 0 aliphatic rings. The van der Waals surface area contributed by atoms with Gasteiger partial charge in [0.05, 0.1) is 40.5 Å². The lowest BCUT2D eigenvalue weighted by Gasteiger charge is -2.27. The molecule has 69 heavy (non-hydrogen) atoms. The van der Waals surface area contributed by atoms with E-state index in [1.165, 1.54) is 18.2 Å². The van der Waals surface area contributed by atoms with Gasteiger partial charge >= 0.3 is 17.9 Å². The number of rotatable bonds is 21. The van der Waals surface area contributed by atoms with Gasteiger partial charge in [-0.1, -0.05) is 115 Å². The number of nitrogens with zero attached hydrogens (tertiary/aromatic N) is 1. The number of carbonyl (C=O) groups is 3. The van der Waals surface area contributed by atoms with Crippen LogP contribution in [-0.4, -0.2) is 78.2 Å². The third-order valence-corrected chi connectivity index (χ3v) is 14.4. The number of ether oxygens (including phenoxy) is 3. The van der Waals surface area contributed by atoms with E-state index in [2.05, 4.69) is 77.0 Å². The second-order valence-corrected chi connectivity index (χ2v) is 21.9. The van der Waals surface area contributed by atoms with Gasteiger partial charge in [-0.2, -0.15) is 4.72 Å². The van der Waals surface area contributed by atoms with E-state index in [-0.39, 0.29) is 25.0 Å². The van der Waals surface area contributed by atoms with Crippen molar-refractivity contribution in [2.24, 2.45) is 5.73 Å². The molecule has 0 amide bonds. The number of sulfonamides is 1. The third kappa shape index (κ3) is 18.9. The van der Waals surface area contributed by atoms with Crippen molar-refractivity contribution in [2.75, 3.05) is 19.8 Å². The van der Waals surface area contributed by atoms with Gasteiger partial charge in [0.1, 0.15) is 18.1 Å². The van der Waals surface area contributed by atoms with E-state index in [1.807, 2.05) is 69.3 Å². The van der Waals surface area contributed by atoms with E-state index in [4.69, 9.17) is 19.9 Å². The lowest BCUT2D eigenvalue weighted by molar-refractivity contribution is -0.387. The van der Waals surface area contributed by atoms with E-state index < -0.39 is 83.2 Å². The number of hydrogen-bond donors (Lipinski definition) is 3. The number of nitro benzene ring substituents is 1. The Kier molecular flexibility index (Phi) is 25.8. The number of hydrogen-bond acceptors (Lipinski definition) is 12. The number of benzene rings is 4. The molecule has 0 fully saturated rings. The Bertz CT molecular complexity index is 2490. The SMILES string of the molecule is C=C[C@@H](c1ccc(Br)cc1)[C@H](N)C(=O)OCC.C=C[C@@H](c1ccc(Br)cc1)[C@H](NS(=O)(=O)c1ccccc1[N+](=O)[O-])C(=O)OCC.C=C[C@@H](c1ccc(Br)cc1)[C@H](N[S@@](=O)C(C)(C)C)C(=O)OCC. The molecule has 0 aromatic heterocycles. The van der Waals surface area contributed by atoms with Gasteiger partial charge in [-0.05, 0) is 101 Å². The summed E-state index contributed by atoms with van der Waals surface area (Å²) in [6.45, 7) is 22.5. The van der Waals surface area contributed by atoms with Crippen LogP contribution in [-0.2, 0) is 49.6 Å². The summed E-state index contributed by atoms with van der Waals surface area (Å²) in [5.74, 6) is -2.99. The molecule has 0 aliphatic heterocycles. The van der Waals surface area contributed by atoms with E-state index in [0.29, 0.717) is 12.2 Å². The van der Waals surface area contributed by atoms with Gasteiger partial charge in [0.2, 0.25) is 10.0 Å². The summed E-state index contributed by atoms with van der Waals surface area (Å²) in [5, 5.41) is 11.2. The molecule has 0 bridgehead atoms. The van der Waals surface area contributed by atoms with Gasteiger partial charge in [0.25, 0.3) is 5.69 Å². The van der Waals surface area contributed by atoms with Crippen LogP contribution in [0.25, 0.3) is 0 Å². The van der Waals surface area contributed by atoms with E-state index >= 15 is 0 Å². The van der Waals surface area contributed by atoms with E-state index in [9.17, 15) is 37.1 Å². The molecular formula is C49H59Br3N4O11S2. The first kappa shape index (κ1) is 60.5. The molecule has 374 valence electrons. The average molecular weight is 1180 g/mol. The van der Waals surface area contributed by atoms with Crippen molar-refractivity contribution in [1.82, 2.24) is 9.44 Å². The summed E-state index contributed by atoms with van der Waals surface area (Å²) >= 11 is 10.1. The molecule has 0 radical (unpaired) electrons. The standard InChI is InChI=1S/C19H19BrN2O6S.C17H24BrNO3S.C13H16BrNO2/c1-3-15(13-9-11-14(20)12-10-13)18(19(23)28-4-2)21-29(26,27)17-8-6-5-7-16(17)22(24)25;1-6-14(12-8-10-13(18)11-9-12)15(16(20)22-7-2)19-23(21)17(3,4)5;1-3-11(12(15)13(16)17-4-2)9-5-7-10(14)8-6-9/h3,5-12,15,18,21H,1,4H2,2H3;6,8-11,14-15,19H,1,7H2,2-5H3;3,5-8,11-12H,1,4,15H2,2H3/t15-,18-;14-,15-,23-;11-,12-/m000/s1. The highest BCUT2D eigenvalue weighted by Gasteiger charge is 2.37. The van der Waals surface area contributed by atoms with Gasteiger partial charge in [-0.25, -0.2) is 17.3 Å². The monoisotopic (exact) mass is 1180 g/mol. The molecule has 15 nitrogen and oxygen atoms in total. The van der Waals surface area contributed by atoms with Crippen molar-refractivity contribution < 1.29 is 46.1 Å². The second kappa shape index (κ2) is 29.5. The molecule has 0 saturated carbocycles. The lowest BCUT2D eigenvalue weighted by Crippen LogP contribution is -2.47. The van der Waals surface area contributed by atoms with E-state index in [1.54, 1.807) is 57.2 Å². The van der Waals surface area contributed by atoms with Crippen LogP contribution >= 0.6 is 47.8 Å². The molecule has 4 aromatic carbocycles. The molecule has 0 heterocycles. The Labute approximate surface area is 432 Å². The molecule has 0 saturated heterocycles. The highest BCUT2D eigenvalue weighted by atomic mass is 79.9. The Balaban J connectivity index is 0.000000368. The predicted molar refractivity (Wildman–Crippen MR) is 281 cm³/mol. The number of para-hydroxylation sites is 1. The number of halogens is 3. The Morgan fingerprint density at radius 1 is 0.681 bits per heavy atom. The van der Waals surface area contributed by atoms with Gasteiger partial charge < -0.3 is 19.9 Å². The number of nitrogens with one attached hydrogen (secondary N) is 2. The Hall–Kier alpha value is -4.67. The van der Waals surface area contributed by atoms with Crippen LogP contribution in [0.1, 0.15) is 76.0 Å². The van der Waals surface area contributed by atoms with Gasteiger partial charge in [-0.3, -0.25) is 24.5 Å². The van der Waals surface area contributed by atoms with Crippen LogP contribution in [0, 0.1) is 10.1 Å². The largest absolute Gasteiger partial charge is 0.465 e. The topological polar surface area (TPSA) is 223 Å². The summed E-state index contributed by atoms with van der Waals surface area (Å²) in [4.78, 5) is 46.4. The maximum atomic E-state index is 12.9. The van der Waals surface area contributed by atoms with Crippen LogP contribution in [0.5, 0.6) is 0 Å². The first-order chi connectivity index (χ1) is 32.5. The smallest absolute Gasteiger partial charge is 0.325 e. The maximum absolute atomic E-state index is 12.9. The fourth-order valence-electron chi connectivity index (χ4n) is 6.22. The van der Waals surface area contributed by atoms with Crippen LogP contribution in [0.2, 0.25) is 0 Å². The van der Waals surface area contributed by atoms with Gasteiger partial charge in [-0.15, -0.1) is 19.7 Å². The molecule has 7 atom stereocenters. The molecule has 4 aromatic rings. The summed E-state index contributed by atoms with van der Waals surface area (Å²) in [7, 11) is -5.82. The van der Waals surface area contributed by atoms with E-state index in [0.717, 1.165) is 36.7 Å². The molecule has 0 unspecified atom stereocenters. The molecule has 0 aliphatic carbocycles. The van der Waals surface area contributed by atoms with Crippen molar-refractivity contribution in [3.05, 3.63) is 175 Å². The highest BCUT2D eigenvalue weighted by Crippen LogP contribution is 2.29. The molecule has 4 rings (SSSR count). The van der Waals surface area contributed by atoms with Crippen LogP contribution in [0.4, 0.5) is 5.69 Å². The second-order valence-electron chi connectivity index (χ2n) is 15.5. The van der Waals surface area contributed by atoms with Crippen LogP contribution in [0.3, 0.4) is 0 Å². The zero-order valence-corrected chi connectivity index (χ0v) is 45.5. The van der Waals surface area contributed by atoms with Crippen LogP contribution in [0.15, 0.2) is 153 Å². The van der Waals surface area contributed by atoms with Crippen molar-refractivity contribution in [1.29, 1.82) is 0 Å². The number of nitrogens with two attached hydrogens (primary N) is 1. The number of nitro groups is 1. The summed E-state index contributed by atoms with van der Waals surface area (Å²) in [6.07, 6.45) is 4.77. The van der Waals surface area contributed by atoms with Crippen molar-refractivity contribution >= 4 is 92.4 Å². The summed E-state index contributed by atoms with van der Waals surface area (Å²) in [6, 6.07) is 24.2. The molecule has 20 heteroatoms. The van der Waals surface area contributed by atoms with Crippen LogP contribution < -0.4 is 15.2 Å².